The molecule has 2 fully saturated rings. The molecule has 0 aromatic heterocycles. The third-order valence-electron chi connectivity index (χ3n) is 13.7. The molecule has 0 spiro atoms. The number of hydrogen-bond acceptors (Lipinski definition) is 9. The molecule has 0 bridgehead atoms. The van der Waals surface area contributed by atoms with Crippen molar-refractivity contribution in [2.75, 3.05) is 6.61 Å². The van der Waals surface area contributed by atoms with Crippen LogP contribution in [0.25, 0.3) is 0 Å². The molecule has 384 valence electrons. The van der Waals surface area contributed by atoms with Crippen LogP contribution in [-0.2, 0) is 88.9 Å². The van der Waals surface area contributed by atoms with Crippen molar-refractivity contribution in [3.63, 3.8) is 0 Å². The molecule has 9 nitrogen and oxygen atoms in total. The maximum atomic E-state index is 7.36. The van der Waals surface area contributed by atoms with Crippen LogP contribution in [0.1, 0.15) is 58.2 Å². The van der Waals surface area contributed by atoms with Gasteiger partial charge in [0.15, 0.2) is 0 Å². The standard InChI is InChI=1S/C65H70O9/c1-2-24-56-60(67-42-50-27-12-4-13-28-50)64(71-46-54-35-20-8-21-36-54)61(68-43-51-29-14-5-15-30-51)57(73-56)39-40-58-62(69-44-52-31-16-6-17-32-52)65(72-47-55-37-22-9-23-38-55)63(70-45-53-33-18-7-19-34-53)59(74-58)48-66-41-49-25-10-3-11-26-49/h2-23,25-38,56-65H,1,24,39-48H2/t56-,57-,58+,59-,60+,61-,62+,63-,64-,65-/m1/s1. The van der Waals surface area contributed by atoms with Crippen LogP contribution in [0.3, 0.4) is 0 Å². The van der Waals surface area contributed by atoms with Crippen LogP contribution < -0.4 is 0 Å². The summed E-state index contributed by atoms with van der Waals surface area (Å²) >= 11 is 0. The van der Waals surface area contributed by atoms with Crippen LogP contribution in [0, 0.1) is 0 Å². The monoisotopic (exact) mass is 995 g/mol. The van der Waals surface area contributed by atoms with E-state index in [0.717, 1.165) is 38.9 Å². The topological polar surface area (TPSA) is 83.1 Å². The first-order chi connectivity index (χ1) is 36.7. The Morgan fingerprint density at radius 1 is 0.297 bits per heavy atom. The first-order valence-electron chi connectivity index (χ1n) is 26.1. The van der Waals surface area contributed by atoms with E-state index < -0.39 is 54.9 Å². The molecular weight excluding hydrogens is 925 g/mol. The molecule has 2 heterocycles. The van der Waals surface area contributed by atoms with Gasteiger partial charge in [0.2, 0.25) is 0 Å². The lowest BCUT2D eigenvalue weighted by atomic mass is 9.87. The number of ether oxygens (including phenoxy) is 9. The van der Waals surface area contributed by atoms with Gasteiger partial charge in [-0.05, 0) is 58.2 Å². The van der Waals surface area contributed by atoms with Gasteiger partial charge < -0.3 is 42.6 Å². The Morgan fingerprint density at radius 3 is 0.838 bits per heavy atom. The van der Waals surface area contributed by atoms with Gasteiger partial charge in [-0.15, -0.1) is 6.58 Å². The van der Waals surface area contributed by atoms with E-state index in [1.165, 1.54) is 0 Å². The smallest absolute Gasteiger partial charge is 0.115 e. The van der Waals surface area contributed by atoms with E-state index in [2.05, 4.69) is 91.5 Å². The largest absolute Gasteiger partial charge is 0.374 e. The Morgan fingerprint density at radius 2 is 0.541 bits per heavy atom. The van der Waals surface area contributed by atoms with Crippen molar-refractivity contribution >= 4 is 0 Å². The van der Waals surface area contributed by atoms with Gasteiger partial charge in [-0.1, -0.05) is 218 Å². The van der Waals surface area contributed by atoms with Crippen LogP contribution >= 0.6 is 0 Å². The van der Waals surface area contributed by atoms with Crippen LogP contribution in [0.4, 0.5) is 0 Å². The van der Waals surface area contributed by atoms with E-state index in [4.69, 9.17) is 42.6 Å². The summed E-state index contributed by atoms with van der Waals surface area (Å²) in [6.07, 6.45) is -1.51. The van der Waals surface area contributed by atoms with E-state index in [0.29, 0.717) is 65.5 Å². The quantitative estimate of drug-likeness (QED) is 0.0468. The molecular formula is C65H70O9. The van der Waals surface area contributed by atoms with Gasteiger partial charge in [-0.2, -0.15) is 0 Å². The van der Waals surface area contributed by atoms with Gasteiger partial charge in [0.05, 0.1) is 71.2 Å². The van der Waals surface area contributed by atoms with Crippen molar-refractivity contribution in [2.45, 2.75) is 127 Å². The summed E-state index contributed by atoms with van der Waals surface area (Å²) in [6.45, 7) is 7.01. The van der Waals surface area contributed by atoms with Crippen molar-refractivity contribution in [1.82, 2.24) is 0 Å². The summed E-state index contributed by atoms with van der Waals surface area (Å²) in [7, 11) is 0. The van der Waals surface area contributed by atoms with Gasteiger partial charge in [0, 0.05) is 0 Å². The first kappa shape index (κ1) is 52.8. The fourth-order valence-electron chi connectivity index (χ4n) is 9.92. The molecule has 10 atom stereocenters. The minimum absolute atomic E-state index is 0.265. The zero-order valence-electron chi connectivity index (χ0n) is 42.2. The summed E-state index contributed by atoms with van der Waals surface area (Å²) < 4.78 is 63.5. The van der Waals surface area contributed by atoms with Crippen molar-refractivity contribution in [3.8, 4) is 0 Å². The Balaban J connectivity index is 1.06. The normalized spacial score (nSPS) is 23.8. The second-order valence-corrected chi connectivity index (χ2v) is 19.1. The Kier molecular flexibility index (Phi) is 20.4. The molecule has 2 aliphatic rings. The molecule has 2 aliphatic heterocycles. The second kappa shape index (κ2) is 28.6. The van der Waals surface area contributed by atoms with Gasteiger partial charge in [0.25, 0.3) is 0 Å². The molecule has 74 heavy (non-hydrogen) atoms. The Labute approximate surface area is 437 Å². The Bertz CT molecular complexity index is 2610. The fraction of sp³-hybridized carbons (Fsp3) is 0.323. The molecule has 9 rings (SSSR count). The minimum atomic E-state index is -0.562. The maximum Gasteiger partial charge on any atom is 0.115 e. The summed E-state index contributed by atoms with van der Waals surface area (Å²) in [6, 6.07) is 71.7. The van der Waals surface area contributed by atoms with E-state index >= 15 is 0 Å². The Hall–Kier alpha value is -6.08. The molecule has 0 saturated carbocycles. The third-order valence-corrected chi connectivity index (χ3v) is 13.7. The van der Waals surface area contributed by atoms with Crippen molar-refractivity contribution in [2.24, 2.45) is 0 Å². The molecule has 0 radical (unpaired) electrons. The van der Waals surface area contributed by atoms with Gasteiger partial charge >= 0.3 is 0 Å². The van der Waals surface area contributed by atoms with Crippen LogP contribution in [0.15, 0.2) is 225 Å². The highest BCUT2D eigenvalue weighted by atomic mass is 16.6. The van der Waals surface area contributed by atoms with Crippen LogP contribution in [0.5, 0.6) is 0 Å². The van der Waals surface area contributed by atoms with Crippen molar-refractivity contribution < 1.29 is 42.6 Å². The summed E-state index contributed by atoms with van der Waals surface area (Å²) in [4.78, 5) is 0. The highest BCUT2D eigenvalue weighted by molar-refractivity contribution is 5.19. The molecule has 2 saturated heterocycles. The first-order valence-corrected chi connectivity index (χ1v) is 26.1. The zero-order chi connectivity index (χ0) is 50.4. The van der Waals surface area contributed by atoms with E-state index in [9.17, 15) is 0 Å². The highest BCUT2D eigenvalue weighted by Gasteiger charge is 2.51. The average Bonchev–Trinajstić information content (AvgIpc) is 3.46. The molecule has 0 amide bonds. The molecule has 7 aromatic carbocycles. The van der Waals surface area contributed by atoms with E-state index in [1.807, 2.05) is 133 Å². The molecule has 0 unspecified atom stereocenters. The van der Waals surface area contributed by atoms with Gasteiger partial charge in [-0.25, -0.2) is 0 Å². The van der Waals surface area contributed by atoms with Crippen LogP contribution in [-0.4, -0.2) is 67.6 Å². The summed E-state index contributed by atoms with van der Waals surface area (Å²) in [5, 5.41) is 0. The molecule has 9 heteroatoms. The molecule has 0 aliphatic carbocycles. The average molecular weight is 995 g/mol. The molecule has 0 N–H and O–H groups in total. The van der Waals surface area contributed by atoms with Crippen LogP contribution in [0.2, 0.25) is 0 Å². The second-order valence-electron chi connectivity index (χ2n) is 19.1. The van der Waals surface area contributed by atoms with Gasteiger partial charge in [0.1, 0.15) is 42.7 Å². The lowest BCUT2D eigenvalue weighted by molar-refractivity contribution is -0.281. The summed E-state index contributed by atoms with van der Waals surface area (Å²) in [5.74, 6) is 0. The lowest BCUT2D eigenvalue weighted by Gasteiger charge is -2.48. The minimum Gasteiger partial charge on any atom is -0.374 e. The predicted molar refractivity (Wildman–Crippen MR) is 288 cm³/mol. The number of rotatable bonds is 27. The maximum absolute atomic E-state index is 7.36. The fourth-order valence-corrected chi connectivity index (χ4v) is 9.92. The van der Waals surface area contributed by atoms with Crippen molar-refractivity contribution in [1.29, 1.82) is 0 Å². The highest BCUT2D eigenvalue weighted by Crippen LogP contribution is 2.37. The lowest BCUT2D eigenvalue weighted by Crippen LogP contribution is -2.62. The van der Waals surface area contributed by atoms with E-state index in [1.54, 1.807) is 0 Å². The predicted octanol–water partition coefficient (Wildman–Crippen LogP) is 12.6. The number of hydrogen-bond donors (Lipinski definition) is 0. The van der Waals surface area contributed by atoms with Crippen molar-refractivity contribution in [3.05, 3.63) is 264 Å². The molecule has 7 aromatic rings. The van der Waals surface area contributed by atoms with Gasteiger partial charge in [-0.3, -0.25) is 0 Å². The number of benzene rings is 7. The zero-order valence-corrected chi connectivity index (χ0v) is 42.2. The van der Waals surface area contributed by atoms with E-state index in [-0.39, 0.29) is 12.7 Å². The third kappa shape index (κ3) is 15.5. The SMILES string of the molecule is C=CC[C@H]1O[C@H](CC[C@@H]2O[C@H](COCc3ccccc3)[C@@H](OCc3ccccc3)[C@H](OCc3ccccc3)[C@H]2OCc2ccccc2)[C@@H](OCc2ccccc2)[C@H](OCc2ccccc2)[C@H]1OCc1ccccc1. The summed E-state index contributed by atoms with van der Waals surface area (Å²) in [5.41, 5.74) is 7.36.